The van der Waals surface area contributed by atoms with E-state index in [1.54, 1.807) is 0 Å². The van der Waals surface area contributed by atoms with Gasteiger partial charge in [0.1, 0.15) is 17.3 Å². The Bertz CT molecular complexity index is 909. The SMILES string of the molecule is CC(C)c1nc2ccccn2c1NC(=O)NC1CCn2ccnc2C1. The molecule has 2 N–H and O–H groups in total. The van der Waals surface area contributed by atoms with Crippen LogP contribution in [-0.4, -0.2) is 31.0 Å². The van der Waals surface area contributed by atoms with Crippen LogP contribution >= 0.6 is 0 Å². The fourth-order valence-corrected chi connectivity index (χ4v) is 3.34. The van der Waals surface area contributed by atoms with Gasteiger partial charge in [0.25, 0.3) is 0 Å². The minimum atomic E-state index is -0.197. The van der Waals surface area contributed by atoms with E-state index in [1.807, 2.05) is 41.2 Å². The summed E-state index contributed by atoms with van der Waals surface area (Å²) in [5.74, 6) is 1.98. The number of urea groups is 1. The van der Waals surface area contributed by atoms with Crippen molar-refractivity contribution in [3.8, 4) is 0 Å². The van der Waals surface area contributed by atoms with Gasteiger partial charge in [-0.3, -0.25) is 9.72 Å². The third-order valence-electron chi connectivity index (χ3n) is 4.62. The van der Waals surface area contributed by atoms with E-state index in [2.05, 4.69) is 39.0 Å². The Balaban J connectivity index is 1.51. The van der Waals surface area contributed by atoms with Crippen LogP contribution in [0.3, 0.4) is 0 Å². The summed E-state index contributed by atoms with van der Waals surface area (Å²) in [4.78, 5) is 21.5. The maximum absolute atomic E-state index is 12.6. The number of aryl methyl sites for hydroxylation is 1. The molecule has 130 valence electrons. The average Bonchev–Trinajstić information content (AvgIpc) is 3.19. The largest absolute Gasteiger partial charge is 0.335 e. The van der Waals surface area contributed by atoms with Crippen LogP contribution < -0.4 is 10.6 Å². The smallest absolute Gasteiger partial charge is 0.320 e. The van der Waals surface area contributed by atoms with E-state index in [1.165, 1.54) is 0 Å². The van der Waals surface area contributed by atoms with Gasteiger partial charge in [0.05, 0.1) is 5.69 Å². The van der Waals surface area contributed by atoms with Crippen molar-refractivity contribution in [2.75, 3.05) is 5.32 Å². The second-order valence-electron chi connectivity index (χ2n) is 6.75. The molecule has 7 nitrogen and oxygen atoms in total. The second-order valence-corrected chi connectivity index (χ2v) is 6.75. The molecular formula is C18H22N6O. The van der Waals surface area contributed by atoms with E-state index in [4.69, 9.17) is 0 Å². The van der Waals surface area contributed by atoms with Crippen LogP contribution in [0.5, 0.6) is 0 Å². The molecule has 0 radical (unpaired) electrons. The third-order valence-corrected chi connectivity index (χ3v) is 4.62. The summed E-state index contributed by atoms with van der Waals surface area (Å²) >= 11 is 0. The van der Waals surface area contributed by atoms with E-state index in [-0.39, 0.29) is 18.0 Å². The van der Waals surface area contributed by atoms with Crippen LogP contribution in [0.25, 0.3) is 5.65 Å². The standard InChI is InChI=1S/C18H22N6O/c1-12(2)16-17(24-8-4-3-5-14(24)21-16)22-18(25)20-13-6-9-23-10-7-19-15(23)11-13/h3-5,7-8,10,12-13H,6,9,11H2,1-2H3,(H2,20,22,25). The molecule has 0 bridgehead atoms. The first kappa shape index (κ1) is 15.7. The summed E-state index contributed by atoms with van der Waals surface area (Å²) in [6.07, 6.45) is 7.37. The van der Waals surface area contributed by atoms with Crippen molar-refractivity contribution in [1.82, 2.24) is 24.3 Å². The van der Waals surface area contributed by atoms with Gasteiger partial charge >= 0.3 is 6.03 Å². The number of carbonyl (C=O) groups excluding carboxylic acids is 1. The molecule has 0 aliphatic carbocycles. The summed E-state index contributed by atoms with van der Waals surface area (Å²) in [5, 5.41) is 6.08. The molecule has 0 aromatic carbocycles. The zero-order valence-corrected chi connectivity index (χ0v) is 14.4. The molecular weight excluding hydrogens is 316 g/mol. The van der Waals surface area contributed by atoms with Crippen LogP contribution in [0.4, 0.5) is 10.6 Å². The van der Waals surface area contributed by atoms with Crippen LogP contribution in [0.15, 0.2) is 36.8 Å². The number of pyridine rings is 1. The Hall–Kier alpha value is -2.83. The minimum Gasteiger partial charge on any atom is -0.335 e. The third kappa shape index (κ3) is 2.97. The normalized spacial score (nSPS) is 16.8. The number of anilines is 1. The number of fused-ring (bicyclic) bond motifs is 2. The zero-order chi connectivity index (χ0) is 17.4. The molecule has 2 amide bonds. The number of imidazole rings is 2. The van der Waals surface area contributed by atoms with Crippen molar-refractivity contribution in [3.05, 3.63) is 48.3 Å². The minimum absolute atomic E-state index is 0.0941. The number of amides is 2. The summed E-state index contributed by atoms with van der Waals surface area (Å²) in [6.45, 7) is 5.03. The Morgan fingerprint density at radius 2 is 2.20 bits per heavy atom. The number of nitrogens with one attached hydrogen (secondary N) is 2. The van der Waals surface area contributed by atoms with E-state index in [0.29, 0.717) is 0 Å². The van der Waals surface area contributed by atoms with E-state index in [0.717, 1.165) is 42.4 Å². The lowest BCUT2D eigenvalue weighted by Gasteiger charge is -2.24. The fourth-order valence-electron chi connectivity index (χ4n) is 3.34. The molecule has 0 saturated carbocycles. The molecule has 7 heteroatoms. The molecule has 1 aliphatic heterocycles. The van der Waals surface area contributed by atoms with Crippen LogP contribution in [-0.2, 0) is 13.0 Å². The van der Waals surface area contributed by atoms with Gasteiger partial charge in [-0.05, 0) is 24.5 Å². The number of aromatic nitrogens is 4. The van der Waals surface area contributed by atoms with Gasteiger partial charge in [0, 0.05) is 37.6 Å². The number of hydrogen-bond donors (Lipinski definition) is 2. The molecule has 4 rings (SSSR count). The predicted molar refractivity (Wildman–Crippen MR) is 95.8 cm³/mol. The molecule has 1 atom stereocenters. The van der Waals surface area contributed by atoms with E-state index in [9.17, 15) is 4.79 Å². The van der Waals surface area contributed by atoms with Gasteiger partial charge in [-0.15, -0.1) is 0 Å². The Morgan fingerprint density at radius 3 is 3.04 bits per heavy atom. The van der Waals surface area contributed by atoms with Crippen molar-refractivity contribution in [3.63, 3.8) is 0 Å². The molecule has 3 aromatic heterocycles. The van der Waals surface area contributed by atoms with Crippen molar-refractivity contribution in [1.29, 1.82) is 0 Å². The number of hydrogen-bond acceptors (Lipinski definition) is 3. The molecule has 4 heterocycles. The lowest BCUT2D eigenvalue weighted by Crippen LogP contribution is -2.42. The predicted octanol–water partition coefficient (Wildman–Crippen LogP) is 2.79. The Kier molecular flexibility index (Phi) is 3.91. The Morgan fingerprint density at radius 1 is 1.32 bits per heavy atom. The van der Waals surface area contributed by atoms with Gasteiger partial charge in [0.15, 0.2) is 0 Å². The molecule has 0 saturated heterocycles. The highest BCUT2D eigenvalue weighted by Crippen LogP contribution is 2.25. The zero-order valence-electron chi connectivity index (χ0n) is 14.4. The van der Waals surface area contributed by atoms with Gasteiger partial charge in [-0.25, -0.2) is 14.8 Å². The summed E-state index contributed by atoms with van der Waals surface area (Å²) in [5.41, 5.74) is 1.72. The van der Waals surface area contributed by atoms with Crippen molar-refractivity contribution in [2.45, 2.75) is 45.2 Å². The molecule has 25 heavy (non-hydrogen) atoms. The summed E-state index contributed by atoms with van der Waals surface area (Å²) < 4.78 is 4.06. The molecule has 3 aromatic rings. The first-order chi connectivity index (χ1) is 12.1. The van der Waals surface area contributed by atoms with Crippen LogP contribution in [0.1, 0.15) is 37.7 Å². The average molecular weight is 338 g/mol. The van der Waals surface area contributed by atoms with E-state index >= 15 is 0 Å². The monoisotopic (exact) mass is 338 g/mol. The van der Waals surface area contributed by atoms with Crippen LogP contribution in [0.2, 0.25) is 0 Å². The van der Waals surface area contributed by atoms with Gasteiger partial charge in [-0.1, -0.05) is 19.9 Å². The summed E-state index contributed by atoms with van der Waals surface area (Å²) in [7, 11) is 0. The number of carbonyl (C=O) groups is 1. The first-order valence-corrected chi connectivity index (χ1v) is 8.66. The highest BCUT2D eigenvalue weighted by molar-refractivity contribution is 5.90. The van der Waals surface area contributed by atoms with Crippen LogP contribution in [0, 0.1) is 0 Å². The highest BCUT2D eigenvalue weighted by atomic mass is 16.2. The van der Waals surface area contributed by atoms with Crippen molar-refractivity contribution in [2.24, 2.45) is 0 Å². The highest BCUT2D eigenvalue weighted by Gasteiger charge is 2.22. The lowest BCUT2D eigenvalue weighted by atomic mass is 10.1. The lowest BCUT2D eigenvalue weighted by molar-refractivity contribution is 0.245. The molecule has 1 unspecified atom stereocenters. The van der Waals surface area contributed by atoms with Crippen molar-refractivity contribution >= 4 is 17.5 Å². The number of rotatable bonds is 3. The van der Waals surface area contributed by atoms with Gasteiger partial charge < -0.3 is 9.88 Å². The second kappa shape index (κ2) is 6.23. The maximum atomic E-state index is 12.6. The molecule has 1 aliphatic rings. The maximum Gasteiger partial charge on any atom is 0.320 e. The fraction of sp³-hybridized carbons (Fsp3) is 0.389. The van der Waals surface area contributed by atoms with Gasteiger partial charge in [-0.2, -0.15) is 0 Å². The quantitative estimate of drug-likeness (QED) is 0.771. The van der Waals surface area contributed by atoms with Crippen molar-refractivity contribution < 1.29 is 4.79 Å². The topological polar surface area (TPSA) is 76.2 Å². The Labute approximate surface area is 146 Å². The number of nitrogens with zero attached hydrogens (tertiary/aromatic N) is 4. The molecule has 0 spiro atoms. The van der Waals surface area contributed by atoms with E-state index < -0.39 is 0 Å². The molecule has 0 fully saturated rings. The summed E-state index contributed by atoms with van der Waals surface area (Å²) in [6, 6.07) is 5.72. The van der Waals surface area contributed by atoms with Gasteiger partial charge in [0.2, 0.25) is 0 Å². The first-order valence-electron chi connectivity index (χ1n) is 8.66.